The van der Waals surface area contributed by atoms with E-state index in [1.807, 2.05) is 4.72 Å². The number of carbonyl (C=O) groups is 1. The summed E-state index contributed by atoms with van der Waals surface area (Å²) in [5.41, 5.74) is 6.14. The van der Waals surface area contributed by atoms with Crippen molar-refractivity contribution in [3.8, 4) is 0 Å². The quantitative estimate of drug-likeness (QED) is 0.826. The molecule has 0 aliphatic carbocycles. The van der Waals surface area contributed by atoms with Crippen molar-refractivity contribution in [1.29, 1.82) is 0 Å². The van der Waals surface area contributed by atoms with Crippen LogP contribution in [-0.2, 0) is 10.0 Å². The molecule has 0 aromatic heterocycles. The van der Waals surface area contributed by atoms with Crippen LogP contribution in [0, 0.1) is 0 Å². The highest BCUT2D eigenvalue weighted by Gasteiger charge is 2.20. The van der Waals surface area contributed by atoms with E-state index in [1.54, 1.807) is 6.07 Å². The molecule has 1 rings (SSSR count). The predicted octanol–water partition coefficient (Wildman–Crippen LogP) is 1.50. The highest BCUT2D eigenvalue weighted by atomic mass is 79.9. The molecule has 7 heteroatoms. The lowest BCUT2D eigenvalue weighted by atomic mass is 10.2. The van der Waals surface area contributed by atoms with Gasteiger partial charge < -0.3 is 5.73 Å². The maximum atomic E-state index is 11.7. The molecule has 0 radical (unpaired) electrons. The average Bonchev–Trinajstić information content (AvgIpc) is 2.15. The van der Waals surface area contributed by atoms with Gasteiger partial charge in [0.15, 0.2) is 0 Å². The second kappa shape index (κ2) is 5.05. The zero-order valence-electron chi connectivity index (χ0n) is 9.40. The Labute approximate surface area is 109 Å². The first-order valence-electron chi connectivity index (χ1n) is 4.84. The third kappa shape index (κ3) is 3.71. The summed E-state index contributed by atoms with van der Waals surface area (Å²) >= 11 is 3.18. The third-order valence-electron chi connectivity index (χ3n) is 2.04. The molecule has 0 bridgehead atoms. The van der Waals surface area contributed by atoms with Crippen molar-refractivity contribution < 1.29 is 13.2 Å². The minimum absolute atomic E-state index is 0.195. The summed E-state index contributed by atoms with van der Waals surface area (Å²) in [4.78, 5) is 11.7. The number of rotatable bonds is 3. The van der Waals surface area contributed by atoms with Crippen molar-refractivity contribution in [2.45, 2.75) is 19.1 Å². The Balaban J connectivity index is 2.99. The number of amides is 1. The number of hydrogen-bond acceptors (Lipinski definition) is 4. The van der Waals surface area contributed by atoms with Crippen molar-refractivity contribution in [2.75, 3.05) is 5.73 Å². The zero-order valence-corrected chi connectivity index (χ0v) is 11.8. The average molecular weight is 321 g/mol. The topological polar surface area (TPSA) is 89.3 Å². The largest absolute Gasteiger partial charge is 0.399 e. The lowest BCUT2D eigenvalue weighted by Crippen LogP contribution is -2.35. The van der Waals surface area contributed by atoms with Gasteiger partial charge in [-0.05, 0) is 32.0 Å². The SMILES string of the molecule is CC(C)S(=O)(=O)NC(=O)c1cc(N)cc(Br)c1. The van der Waals surface area contributed by atoms with Crippen molar-refractivity contribution in [3.63, 3.8) is 0 Å². The van der Waals surface area contributed by atoms with E-state index in [9.17, 15) is 13.2 Å². The lowest BCUT2D eigenvalue weighted by Gasteiger charge is -2.10. The first-order valence-corrected chi connectivity index (χ1v) is 7.18. The molecule has 1 aromatic rings. The Morgan fingerprint density at radius 1 is 1.35 bits per heavy atom. The molecule has 5 nitrogen and oxygen atoms in total. The van der Waals surface area contributed by atoms with E-state index in [2.05, 4.69) is 15.9 Å². The van der Waals surface area contributed by atoms with E-state index in [0.717, 1.165) is 0 Å². The van der Waals surface area contributed by atoms with E-state index in [1.165, 1.54) is 26.0 Å². The number of anilines is 1. The molecule has 0 aliphatic rings. The molecule has 94 valence electrons. The van der Waals surface area contributed by atoms with Crippen LogP contribution in [-0.4, -0.2) is 19.6 Å². The fourth-order valence-corrected chi connectivity index (χ4v) is 2.17. The number of sulfonamides is 1. The number of halogens is 1. The Kier molecular flexibility index (Phi) is 4.16. The number of nitrogen functional groups attached to an aromatic ring is 1. The molecule has 3 N–H and O–H groups in total. The van der Waals surface area contributed by atoms with Crippen LogP contribution in [0.15, 0.2) is 22.7 Å². The fourth-order valence-electron chi connectivity index (χ4n) is 1.05. The Hall–Kier alpha value is -1.08. The van der Waals surface area contributed by atoms with E-state index in [0.29, 0.717) is 10.2 Å². The first kappa shape index (κ1) is 14.0. The normalized spacial score (nSPS) is 11.5. The highest BCUT2D eigenvalue weighted by molar-refractivity contribution is 9.10. The van der Waals surface area contributed by atoms with Gasteiger partial charge in [0.1, 0.15) is 0 Å². The number of hydrogen-bond donors (Lipinski definition) is 2. The van der Waals surface area contributed by atoms with Gasteiger partial charge in [-0.1, -0.05) is 15.9 Å². The second-order valence-corrected chi connectivity index (χ2v) is 6.95. The smallest absolute Gasteiger partial charge is 0.264 e. The summed E-state index contributed by atoms with van der Waals surface area (Å²) in [6, 6.07) is 4.53. The Bertz CT molecular complexity index is 520. The number of nitrogens with one attached hydrogen (secondary N) is 1. The summed E-state index contributed by atoms with van der Waals surface area (Å²) in [6.07, 6.45) is 0. The van der Waals surface area contributed by atoms with Crippen LogP contribution < -0.4 is 10.5 Å². The van der Waals surface area contributed by atoms with E-state index in [-0.39, 0.29) is 5.56 Å². The van der Waals surface area contributed by atoms with Gasteiger partial charge in [0, 0.05) is 15.7 Å². The number of benzene rings is 1. The van der Waals surface area contributed by atoms with Crippen molar-refractivity contribution >= 4 is 37.5 Å². The molecule has 0 saturated heterocycles. The minimum atomic E-state index is -3.63. The molecule has 0 heterocycles. The lowest BCUT2D eigenvalue weighted by molar-refractivity contribution is 0.0981. The van der Waals surface area contributed by atoms with Gasteiger partial charge in [0.2, 0.25) is 10.0 Å². The second-order valence-electron chi connectivity index (χ2n) is 3.80. The van der Waals surface area contributed by atoms with E-state index >= 15 is 0 Å². The predicted molar refractivity (Wildman–Crippen MR) is 70.1 cm³/mol. The van der Waals surface area contributed by atoms with Gasteiger partial charge in [-0.2, -0.15) is 0 Å². The molecular weight excluding hydrogens is 308 g/mol. The van der Waals surface area contributed by atoms with Crippen LogP contribution in [0.2, 0.25) is 0 Å². The van der Waals surface area contributed by atoms with Crippen LogP contribution in [0.4, 0.5) is 5.69 Å². The van der Waals surface area contributed by atoms with Gasteiger partial charge in [0.05, 0.1) is 5.25 Å². The Morgan fingerprint density at radius 3 is 2.41 bits per heavy atom. The monoisotopic (exact) mass is 320 g/mol. The molecule has 17 heavy (non-hydrogen) atoms. The number of nitrogens with two attached hydrogens (primary N) is 1. The molecule has 0 aliphatic heterocycles. The van der Waals surface area contributed by atoms with Crippen LogP contribution in [0.3, 0.4) is 0 Å². The standard InChI is InChI=1S/C10H13BrN2O3S/c1-6(2)17(15,16)13-10(14)7-3-8(11)5-9(12)4-7/h3-6H,12H2,1-2H3,(H,13,14). The van der Waals surface area contributed by atoms with Crippen molar-refractivity contribution in [3.05, 3.63) is 28.2 Å². The molecule has 0 atom stereocenters. The maximum absolute atomic E-state index is 11.7. The molecule has 0 fully saturated rings. The molecular formula is C10H13BrN2O3S. The molecule has 0 saturated carbocycles. The van der Waals surface area contributed by atoms with Crippen LogP contribution >= 0.6 is 15.9 Å². The fraction of sp³-hybridized carbons (Fsp3) is 0.300. The van der Waals surface area contributed by atoms with Gasteiger partial charge in [-0.25, -0.2) is 13.1 Å². The summed E-state index contributed by atoms with van der Waals surface area (Å²) in [5, 5.41) is -0.670. The van der Waals surface area contributed by atoms with Gasteiger partial charge in [-0.15, -0.1) is 0 Å². The zero-order chi connectivity index (χ0) is 13.2. The summed E-state index contributed by atoms with van der Waals surface area (Å²) < 4.78 is 25.6. The van der Waals surface area contributed by atoms with Crippen LogP contribution in [0.5, 0.6) is 0 Å². The summed E-state index contributed by atoms with van der Waals surface area (Å²) in [6.45, 7) is 2.98. The van der Waals surface area contributed by atoms with Gasteiger partial charge in [0.25, 0.3) is 5.91 Å². The summed E-state index contributed by atoms with van der Waals surface area (Å²) in [5.74, 6) is -0.688. The van der Waals surface area contributed by atoms with Crippen molar-refractivity contribution in [2.24, 2.45) is 0 Å². The van der Waals surface area contributed by atoms with Crippen molar-refractivity contribution in [1.82, 2.24) is 4.72 Å². The Morgan fingerprint density at radius 2 is 1.94 bits per heavy atom. The molecule has 0 unspecified atom stereocenters. The van der Waals surface area contributed by atoms with Crippen LogP contribution in [0.25, 0.3) is 0 Å². The summed E-state index contributed by atoms with van der Waals surface area (Å²) in [7, 11) is -3.63. The molecule has 1 aromatic carbocycles. The van der Waals surface area contributed by atoms with E-state index < -0.39 is 21.2 Å². The molecule has 0 spiro atoms. The third-order valence-corrected chi connectivity index (χ3v) is 4.21. The minimum Gasteiger partial charge on any atom is -0.399 e. The number of carbonyl (C=O) groups excluding carboxylic acids is 1. The van der Waals surface area contributed by atoms with Crippen LogP contribution in [0.1, 0.15) is 24.2 Å². The highest BCUT2D eigenvalue weighted by Crippen LogP contribution is 2.17. The van der Waals surface area contributed by atoms with E-state index in [4.69, 9.17) is 5.73 Å². The van der Waals surface area contributed by atoms with Gasteiger partial charge >= 0.3 is 0 Å². The molecule has 1 amide bonds. The van der Waals surface area contributed by atoms with Gasteiger partial charge in [-0.3, -0.25) is 4.79 Å². The first-order chi connectivity index (χ1) is 7.72. The maximum Gasteiger partial charge on any atom is 0.264 e.